The lowest BCUT2D eigenvalue weighted by molar-refractivity contribution is -0.132. The van der Waals surface area contributed by atoms with Gasteiger partial charge in [-0.1, -0.05) is 24.8 Å². The summed E-state index contributed by atoms with van der Waals surface area (Å²) in [6.45, 7) is 4.03. The molecule has 0 N–H and O–H groups in total. The van der Waals surface area contributed by atoms with E-state index < -0.39 is 9.84 Å². The molecular formula is C20H28N4O3S3. The van der Waals surface area contributed by atoms with Crippen LogP contribution in [-0.2, 0) is 21.1 Å². The van der Waals surface area contributed by atoms with Crippen LogP contribution in [0.5, 0.6) is 0 Å². The molecule has 2 aromatic rings. The minimum absolute atomic E-state index is 0.0124. The molecule has 2 aromatic heterocycles. The van der Waals surface area contributed by atoms with Gasteiger partial charge >= 0.3 is 0 Å². The lowest BCUT2D eigenvalue weighted by Gasteiger charge is -2.33. The second-order valence-corrected chi connectivity index (χ2v) is 12.4. The van der Waals surface area contributed by atoms with Crippen molar-refractivity contribution in [1.29, 1.82) is 0 Å². The van der Waals surface area contributed by atoms with Crippen LogP contribution in [0.4, 0.5) is 0 Å². The zero-order valence-electron chi connectivity index (χ0n) is 17.4. The molecule has 1 aliphatic heterocycles. The number of aromatic nitrogens is 3. The number of nitrogens with zero attached hydrogens (tertiary/aromatic N) is 4. The minimum Gasteiger partial charge on any atom is -0.335 e. The first-order valence-corrected chi connectivity index (χ1v) is 14.2. The molecule has 7 nitrogen and oxygen atoms in total. The Morgan fingerprint density at radius 2 is 2.17 bits per heavy atom. The molecule has 1 saturated carbocycles. The van der Waals surface area contributed by atoms with E-state index >= 15 is 0 Å². The monoisotopic (exact) mass is 468 g/mol. The van der Waals surface area contributed by atoms with Crippen molar-refractivity contribution < 1.29 is 13.2 Å². The summed E-state index contributed by atoms with van der Waals surface area (Å²) in [4.78, 5) is 16.2. The van der Waals surface area contributed by atoms with E-state index in [1.165, 1.54) is 16.6 Å². The molecular weight excluding hydrogens is 440 g/mol. The summed E-state index contributed by atoms with van der Waals surface area (Å²) in [6, 6.07) is 4.38. The maximum atomic E-state index is 13.1. The quantitative estimate of drug-likeness (QED) is 0.526. The van der Waals surface area contributed by atoms with E-state index in [4.69, 9.17) is 0 Å². The Kier molecular flexibility index (Phi) is 6.55. The van der Waals surface area contributed by atoms with Crippen LogP contribution in [0.25, 0.3) is 0 Å². The van der Waals surface area contributed by atoms with Gasteiger partial charge in [-0.15, -0.1) is 21.5 Å². The van der Waals surface area contributed by atoms with E-state index in [-0.39, 0.29) is 35.2 Å². The second-order valence-electron chi connectivity index (χ2n) is 8.16. The number of amides is 1. The third-order valence-corrected chi connectivity index (χ3v) is 9.39. The van der Waals surface area contributed by atoms with Crippen LogP contribution < -0.4 is 0 Å². The van der Waals surface area contributed by atoms with Gasteiger partial charge in [0.2, 0.25) is 5.91 Å². The smallest absolute Gasteiger partial charge is 0.233 e. The number of carbonyl (C=O) groups excluding carboxylic acids is 1. The molecule has 0 bridgehead atoms. The molecule has 3 heterocycles. The Balaban J connectivity index is 1.46. The fourth-order valence-electron chi connectivity index (χ4n) is 4.00. The molecule has 2 fully saturated rings. The van der Waals surface area contributed by atoms with Crippen molar-refractivity contribution in [3.63, 3.8) is 0 Å². The van der Waals surface area contributed by atoms with Gasteiger partial charge in [-0.05, 0) is 44.1 Å². The number of hydrogen-bond donors (Lipinski definition) is 0. The molecule has 0 radical (unpaired) electrons. The van der Waals surface area contributed by atoms with E-state index in [9.17, 15) is 13.2 Å². The molecule has 4 rings (SSSR count). The van der Waals surface area contributed by atoms with Gasteiger partial charge in [-0.3, -0.25) is 4.79 Å². The van der Waals surface area contributed by atoms with Crippen molar-refractivity contribution >= 4 is 38.8 Å². The van der Waals surface area contributed by atoms with Gasteiger partial charge in [0.1, 0.15) is 5.82 Å². The van der Waals surface area contributed by atoms with Crippen LogP contribution in [0.15, 0.2) is 22.7 Å². The highest BCUT2D eigenvalue weighted by Gasteiger charge is 2.37. The van der Waals surface area contributed by atoms with Crippen LogP contribution in [0.2, 0.25) is 0 Å². The third kappa shape index (κ3) is 4.91. The summed E-state index contributed by atoms with van der Waals surface area (Å²) in [6.07, 6.45) is 4.34. The second kappa shape index (κ2) is 9.00. The number of hydrogen-bond acceptors (Lipinski definition) is 7. The van der Waals surface area contributed by atoms with Gasteiger partial charge in [0, 0.05) is 29.4 Å². The predicted molar refractivity (Wildman–Crippen MR) is 120 cm³/mol. The van der Waals surface area contributed by atoms with Crippen LogP contribution in [0.1, 0.15) is 56.3 Å². The van der Waals surface area contributed by atoms with Crippen LogP contribution in [0, 0.1) is 0 Å². The van der Waals surface area contributed by atoms with E-state index in [1.54, 1.807) is 11.3 Å². The fraction of sp³-hybridized carbons (Fsp3) is 0.650. The van der Waals surface area contributed by atoms with Gasteiger partial charge in [0.05, 0.1) is 17.3 Å². The standard InChI is InChI=1S/C20H28N4O3S3/c1-3-14(2)23(16-8-10-30(26,27)13-16)19(25)12-29-20-22-21-18(24(20)15-6-7-15)11-17-5-4-9-28-17/h4-5,9,14-16H,3,6-8,10-13H2,1-2H3. The normalized spacial score (nSPS) is 21.6. The average molecular weight is 469 g/mol. The van der Waals surface area contributed by atoms with Gasteiger partial charge < -0.3 is 9.47 Å². The molecule has 1 amide bonds. The Bertz CT molecular complexity index is 983. The van der Waals surface area contributed by atoms with Crippen molar-refractivity contribution in [2.24, 2.45) is 0 Å². The molecule has 1 aliphatic carbocycles. The third-order valence-electron chi connectivity index (χ3n) is 5.84. The highest BCUT2D eigenvalue weighted by Crippen LogP contribution is 2.39. The topological polar surface area (TPSA) is 85.2 Å². The summed E-state index contributed by atoms with van der Waals surface area (Å²) >= 11 is 3.14. The van der Waals surface area contributed by atoms with Crippen LogP contribution in [0.3, 0.4) is 0 Å². The Hall–Kier alpha value is -1.39. The molecule has 2 atom stereocenters. The van der Waals surface area contributed by atoms with E-state index in [1.807, 2.05) is 24.8 Å². The van der Waals surface area contributed by atoms with Crippen molar-refractivity contribution in [3.05, 3.63) is 28.2 Å². The van der Waals surface area contributed by atoms with Crippen molar-refractivity contribution in [1.82, 2.24) is 19.7 Å². The fourth-order valence-corrected chi connectivity index (χ4v) is 7.30. The van der Waals surface area contributed by atoms with Crippen LogP contribution >= 0.6 is 23.1 Å². The molecule has 30 heavy (non-hydrogen) atoms. The van der Waals surface area contributed by atoms with Crippen molar-refractivity contribution in [3.8, 4) is 0 Å². The molecule has 2 aliphatic rings. The first kappa shape index (κ1) is 21.8. The molecule has 10 heteroatoms. The maximum absolute atomic E-state index is 13.1. The molecule has 0 spiro atoms. The molecule has 2 unspecified atom stereocenters. The Morgan fingerprint density at radius 1 is 1.37 bits per heavy atom. The molecule has 0 aromatic carbocycles. The summed E-state index contributed by atoms with van der Waals surface area (Å²) in [5.74, 6) is 1.45. The van der Waals surface area contributed by atoms with Crippen LogP contribution in [-0.4, -0.2) is 63.3 Å². The highest BCUT2D eigenvalue weighted by molar-refractivity contribution is 7.99. The first-order valence-electron chi connectivity index (χ1n) is 10.5. The summed E-state index contributed by atoms with van der Waals surface area (Å²) in [7, 11) is -3.04. The highest BCUT2D eigenvalue weighted by atomic mass is 32.2. The van der Waals surface area contributed by atoms with Crippen molar-refractivity contribution in [2.75, 3.05) is 17.3 Å². The SMILES string of the molecule is CCC(C)N(C(=O)CSc1nnc(Cc2cccs2)n1C1CC1)C1CCS(=O)(=O)C1. The largest absolute Gasteiger partial charge is 0.335 e. The average Bonchev–Trinajstić information content (AvgIpc) is 3.10. The zero-order chi connectivity index (χ0) is 21.3. The molecule has 164 valence electrons. The number of carbonyl (C=O) groups is 1. The summed E-state index contributed by atoms with van der Waals surface area (Å²) in [5, 5.41) is 11.7. The lowest BCUT2D eigenvalue weighted by atomic mass is 10.1. The Labute approximate surface area is 186 Å². The number of thiophene rings is 1. The van der Waals surface area contributed by atoms with E-state index in [0.29, 0.717) is 12.5 Å². The van der Waals surface area contributed by atoms with Gasteiger partial charge in [0.25, 0.3) is 0 Å². The van der Waals surface area contributed by atoms with Gasteiger partial charge in [-0.25, -0.2) is 8.42 Å². The maximum Gasteiger partial charge on any atom is 0.233 e. The molecule has 1 saturated heterocycles. The number of thioether (sulfide) groups is 1. The minimum atomic E-state index is -3.04. The summed E-state index contributed by atoms with van der Waals surface area (Å²) < 4.78 is 26.1. The summed E-state index contributed by atoms with van der Waals surface area (Å²) in [5.41, 5.74) is 0. The predicted octanol–water partition coefficient (Wildman–Crippen LogP) is 3.17. The van der Waals surface area contributed by atoms with Crippen molar-refractivity contribution in [2.45, 2.75) is 69.2 Å². The zero-order valence-corrected chi connectivity index (χ0v) is 19.8. The van der Waals surface area contributed by atoms with Gasteiger partial charge in [-0.2, -0.15) is 0 Å². The number of sulfone groups is 1. The Morgan fingerprint density at radius 3 is 2.77 bits per heavy atom. The van der Waals surface area contributed by atoms with E-state index in [0.717, 1.165) is 36.7 Å². The van der Waals surface area contributed by atoms with Gasteiger partial charge in [0.15, 0.2) is 15.0 Å². The first-order chi connectivity index (χ1) is 14.4. The number of rotatable bonds is 9. The lowest BCUT2D eigenvalue weighted by Crippen LogP contribution is -2.47. The van der Waals surface area contributed by atoms with E-state index in [2.05, 4.69) is 26.2 Å².